The molecule has 10 heteroatoms. The van der Waals surface area contributed by atoms with Crippen LogP contribution in [0, 0.1) is 0 Å². The van der Waals surface area contributed by atoms with Crippen LogP contribution in [0.1, 0.15) is 27.7 Å². The highest BCUT2D eigenvalue weighted by Crippen LogP contribution is 2.44. The van der Waals surface area contributed by atoms with Crippen LogP contribution in [-0.2, 0) is 11.0 Å². The number of amides is 1. The molecule has 1 aliphatic heterocycles. The number of rotatable bonds is 6. The van der Waals surface area contributed by atoms with E-state index in [1.54, 1.807) is 42.5 Å². The number of aliphatic hydroxyl groups is 1. The number of nitrogens with zero attached hydrogens (tertiary/aromatic N) is 2. The quantitative estimate of drug-likeness (QED) is 0.291. The number of Topliss-reactive ketones (excluding diaryl/α,β-unsaturated/α-hetero) is 1. The van der Waals surface area contributed by atoms with Crippen molar-refractivity contribution in [3.63, 3.8) is 0 Å². The zero-order chi connectivity index (χ0) is 28.1. The fraction of sp³-hybridized carbons (Fsp3) is 0.172. The average Bonchev–Trinajstić information content (AvgIpc) is 3.47. The van der Waals surface area contributed by atoms with Gasteiger partial charge in [-0.2, -0.15) is 13.2 Å². The van der Waals surface area contributed by atoms with Gasteiger partial charge in [0.2, 0.25) is 5.78 Å². The number of carbonyl (C=O) groups excluding carboxylic acids is 2. The van der Waals surface area contributed by atoms with Crippen LogP contribution in [0.2, 0.25) is 0 Å². The van der Waals surface area contributed by atoms with Gasteiger partial charge in [0.15, 0.2) is 22.9 Å². The summed E-state index contributed by atoms with van der Waals surface area (Å²) in [5.41, 5.74) is 0.115. The van der Waals surface area contributed by atoms with Crippen molar-refractivity contribution in [2.24, 2.45) is 0 Å². The molecule has 7 nitrogen and oxygen atoms in total. The average molecular weight is 537 g/mol. The summed E-state index contributed by atoms with van der Waals surface area (Å²) in [5, 5.41) is 11.5. The number of anilines is 2. The van der Waals surface area contributed by atoms with Crippen LogP contribution in [0.4, 0.5) is 24.5 Å². The standard InChI is InChI=1S/C29H23F3N2O5/c1-33(2)19-12-10-16(11-13-19)24-23(25(35)22-14-17-6-4-9-21(38-3)27(17)39-22)26(36)28(37)34(24)20-8-5-7-18(15-20)29(30,31)32/h4-15,24,36H,1-3H3. The van der Waals surface area contributed by atoms with Gasteiger partial charge in [-0.1, -0.05) is 30.3 Å². The molecule has 5 rings (SSSR count). The molecule has 1 N–H and O–H groups in total. The van der Waals surface area contributed by atoms with E-state index in [1.165, 1.54) is 25.3 Å². The number of ether oxygens (including phenoxy) is 1. The number of methoxy groups -OCH3 is 1. The highest BCUT2D eigenvalue weighted by Gasteiger charge is 2.46. The van der Waals surface area contributed by atoms with E-state index < -0.39 is 35.2 Å². The van der Waals surface area contributed by atoms with Crippen molar-refractivity contribution < 1.29 is 37.0 Å². The van der Waals surface area contributed by atoms with Crippen molar-refractivity contribution in [1.29, 1.82) is 0 Å². The highest BCUT2D eigenvalue weighted by molar-refractivity contribution is 6.20. The number of benzene rings is 3. The van der Waals surface area contributed by atoms with Crippen molar-refractivity contribution in [2.75, 3.05) is 31.0 Å². The molecule has 0 aliphatic carbocycles. The lowest BCUT2D eigenvalue weighted by atomic mass is 9.94. The minimum absolute atomic E-state index is 0.128. The highest BCUT2D eigenvalue weighted by atomic mass is 19.4. The van der Waals surface area contributed by atoms with Crippen LogP contribution in [-0.4, -0.2) is 38.0 Å². The third-order valence-electron chi connectivity index (χ3n) is 6.58. The molecule has 0 radical (unpaired) electrons. The Morgan fingerprint density at radius 1 is 1.03 bits per heavy atom. The molecular formula is C29H23F3N2O5. The first-order chi connectivity index (χ1) is 18.5. The number of hydrogen-bond acceptors (Lipinski definition) is 6. The Labute approximate surface area is 221 Å². The van der Waals surface area contributed by atoms with Gasteiger partial charge in [-0.3, -0.25) is 14.5 Å². The third-order valence-corrected chi connectivity index (χ3v) is 6.58. The fourth-order valence-corrected chi connectivity index (χ4v) is 4.65. The summed E-state index contributed by atoms with van der Waals surface area (Å²) in [5.74, 6) is -2.44. The number of para-hydroxylation sites is 1. The lowest BCUT2D eigenvalue weighted by Crippen LogP contribution is -2.31. The van der Waals surface area contributed by atoms with E-state index >= 15 is 0 Å². The third kappa shape index (κ3) is 4.47. The summed E-state index contributed by atoms with van der Waals surface area (Å²) >= 11 is 0. The van der Waals surface area contributed by atoms with E-state index in [0.29, 0.717) is 22.3 Å². The van der Waals surface area contributed by atoms with Gasteiger partial charge < -0.3 is 19.2 Å². The van der Waals surface area contributed by atoms with E-state index in [9.17, 15) is 27.9 Å². The Kier molecular flexibility index (Phi) is 6.33. The normalized spacial score (nSPS) is 15.8. The molecule has 1 aromatic heterocycles. The van der Waals surface area contributed by atoms with Crippen LogP contribution in [0.3, 0.4) is 0 Å². The number of carbonyl (C=O) groups is 2. The van der Waals surface area contributed by atoms with Gasteiger partial charge in [0.05, 0.1) is 24.3 Å². The lowest BCUT2D eigenvalue weighted by molar-refractivity contribution is -0.137. The Hall–Kier alpha value is -4.73. The van der Waals surface area contributed by atoms with Crippen molar-refractivity contribution in [3.8, 4) is 5.75 Å². The van der Waals surface area contributed by atoms with Gasteiger partial charge in [-0.25, -0.2) is 0 Å². The van der Waals surface area contributed by atoms with Gasteiger partial charge in [-0.15, -0.1) is 0 Å². The summed E-state index contributed by atoms with van der Waals surface area (Å²) in [4.78, 5) is 30.0. The molecule has 2 heterocycles. The molecule has 0 bridgehead atoms. The van der Waals surface area contributed by atoms with Gasteiger partial charge in [0.1, 0.15) is 0 Å². The minimum Gasteiger partial charge on any atom is -0.503 e. The van der Waals surface area contributed by atoms with E-state index in [-0.39, 0.29) is 17.0 Å². The predicted octanol–water partition coefficient (Wildman–Crippen LogP) is 6.31. The van der Waals surface area contributed by atoms with Crippen LogP contribution in [0.15, 0.2) is 88.5 Å². The van der Waals surface area contributed by atoms with Crippen molar-refractivity contribution in [1.82, 2.24) is 0 Å². The SMILES string of the molecule is COc1cccc2cc(C(=O)C3=C(O)C(=O)N(c4cccc(C(F)(F)F)c4)C3c3ccc(N(C)C)cc3)oc12. The molecule has 39 heavy (non-hydrogen) atoms. The molecule has 200 valence electrons. The largest absolute Gasteiger partial charge is 0.503 e. The summed E-state index contributed by atoms with van der Waals surface area (Å²) in [6.45, 7) is 0. The molecule has 0 saturated carbocycles. The monoisotopic (exact) mass is 536 g/mol. The summed E-state index contributed by atoms with van der Waals surface area (Å²) in [6, 6.07) is 16.3. The number of alkyl halides is 3. The second-order valence-corrected chi connectivity index (χ2v) is 9.19. The number of ketones is 1. The van der Waals surface area contributed by atoms with E-state index in [1.807, 2.05) is 19.0 Å². The molecule has 1 atom stereocenters. The summed E-state index contributed by atoms with van der Waals surface area (Å²) < 4.78 is 51.6. The Bertz CT molecular complexity index is 1620. The van der Waals surface area contributed by atoms with Gasteiger partial charge in [-0.05, 0) is 48.0 Å². The van der Waals surface area contributed by atoms with Crippen molar-refractivity contribution >= 4 is 34.0 Å². The molecule has 0 saturated heterocycles. The first kappa shape index (κ1) is 25.9. The lowest BCUT2D eigenvalue weighted by Gasteiger charge is -2.27. The Balaban J connectivity index is 1.66. The Morgan fingerprint density at radius 3 is 2.36 bits per heavy atom. The number of aliphatic hydroxyl groups excluding tert-OH is 1. The second kappa shape index (κ2) is 9.54. The maximum absolute atomic E-state index is 13.8. The first-order valence-electron chi connectivity index (χ1n) is 11.8. The summed E-state index contributed by atoms with van der Waals surface area (Å²) in [7, 11) is 5.11. The van der Waals surface area contributed by atoms with Crippen molar-refractivity contribution in [3.05, 3.63) is 101 Å². The molecule has 0 spiro atoms. The van der Waals surface area contributed by atoms with Crippen LogP contribution in [0.25, 0.3) is 11.0 Å². The van der Waals surface area contributed by atoms with E-state index in [4.69, 9.17) is 9.15 Å². The zero-order valence-electron chi connectivity index (χ0n) is 21.1. The number of furan rings is 1. The molecule has 0 fully saturated rings. The molecule has 3 aromatic carbocycles. The second-order valence-electron chi connectivity index (χ2n) is 9.19. The maximum Gasteiger partial charge on any atom is 0.416 e. The van der Waals surface area contributed by atoms with E-state index in [0.717, 1.165) is 22.7 Å². The molecule has 1 unspecified atom stereocenters. The topological polar surface area (TPSA) is 83.2 Å². The van der Waals surface area contributed by atoms with E-state index in [2.05, 4.69) is 0 Å². The first-order valence-corrected chi connectivity index (χ1v) is 11.8. The Morgan fingerprint density at radius 2 is 1.72 bits per heavy atom. The van der Waals surface area contributed by atoms with Gasteiger partial charge >= 0.3 is 6.18 Å². The van der Waals surface area contributed by atoms with Crippen LogP contribution >= 0.6 is 0 Å². The number of fused-ring (bicyclic) bond motifs is 1. The van der Waals surface area contributed by atoms with Gasteiger partial charge in [0, 0.05) is 30.9 Å². The molecule has 4 aromatic rings. The number of halogens is 3. The van der Waals surface area contributed by atoms with Crippen LogP contribution < -0.4 is 14.5 Å². The van der Waals surface area contributed by atoms with Gasteiger partial charge in [0.25, 0.3) is 5.91 Å². The summed E-state index contributed by atoms with van der Waals surface area (Å²) in [6.07, 6.45) is -4.66. The maximum atomic E-state index is 13.8. The fourth-order valence-electron chi connectivity index (χ4n) is 4.65. The van der Waals surface area contributed by atoms with Crippen LogP contribution in [0.5, 0.6) is 5.75 Å². The zero-order valence-corrected chi connectivity index (χ0v) is 21.1. The van der Waals surface area contributed by atoms with Crippen molar-refractivity contribution in [2.45, 2.75) is 12.2 Å². The molecule has 1 amide bonds. The molecular weight excluding hydrogens is 513 g/mol. The smallest absolute Gasteiger partial charge is 0.416 e. The number of hydrogen-bond donors (Lipinski definition) is 1. The minimum atomic E-state index is -4.66. The molecule has 1 aliphatic rings. The predicted molar refractivity (Wildman–Crippen MR) is 139 cm³/mol.